The molecule has 0 spiro atoms. The van der Waals surface area contributed by atoms with Crippen molar-refractivity contribution in [3.8, 4) is 5.75 Å². The van der Waals surface area contributed by atoms with Gasteiger partial charge in [0.2, 0.25) is 0 Å². The van der Waals surface area contributed by atoms with Crippen LogP contribution < -0.4 is 4.74 Å². The summed E-state index contributed by atoms with van der Waals surface area (Å²) < 4.78 is 11.0. The summed E-state index contributed by atoms with van der Waals surface area (Å²) in [6.45, 7) is 5.71. The molecule has 25 heavy (non-hydrogen) atoms. The number of hydrogen-bond acceptors (Lipinski definition) is 6. The van der Waals surface area contributed by atoms with Crippen molar-refractivity contribution in [2.45, 2.75) is 26.1 Å². The minimum absolute atomic E-state index is 0.0906. The predicted molar refractivity (Wildman–Crippen MR) is 97.3 cm³/mol. The third kappa shape index (κ3) is 4.05. The van der Waals surface area contributed by atoms with Gasteiger partial charge in [-0.3, -0.25) is 19.4 Å². The van der Waals surface area contributed by atoms with Gasteiger partial charge in [-0.2, -0.15) is 0 Å². The van der Waals surface area contributed by atoms with Gasteiger partial charge in [0.15, 0.2) is 0 Å². The first-order valence-electron chi connectivity index (χ1n) is 8.24. The molecule has 2 aliphatic rings. The number of benzene rings is 1. The number of para-hydroxylation sites is 1. The van der Waals surface area contributed by atoms with E-state index in [9.17, 15) is 9.59 Å². The number of methoxy groups -OCH3 is 1. The molecule has 2 aliphatic heterocycles. The summed E-state index contributed by atoms with van der Waals surface area (Å²) in [7, 11) is 1.58. The number of morpholine rings is 1. The number of imide groups is 1. The number of hydrogen-bond donors (Lipinski definition) is 0. The summed E-state index contributed by atoms with van der Waals surface area (Å²) in [5, 5.41) is -0.238. The summed E-state index contributed by atoms with van der Waals surface area (Å²) in [6.07, 6.45) is 1.90. The van der Waals surface area contributed by atoms with E-state index in [4.69, 9.17) is 9.47 Å². The first kappa shape index (κ1) is 18.0. The number of rotatable bonds is 4. The van der Waals surface area contributed by atoms with Crippen molar-refractivity contribution >= 4 is 29.0 Å². The highest BCUT2D eigenvalue weighted by atomic mass is 32.2. The summed E-state index contributed by atoms with van der Waals surface area (Å²) in [5.41, 5.74) is 0.782. The van der Waals surface area contributed by atoms with E-state index in [-0.39, 0.29) is 23.4 Å². The number of thioether (sulfide) groups is 1. The maximum atomic E-state index is 12.7. The van der Waals surface area contributed by atoms with Crippen LogP contribution in [-0.4, -0.2) is 60.0 Å². The van der Waals surface area contributed by atoms with Crippen LogP contribution in [0.1, 0.15) is 19.4 Å². The van der Waals surface area contributed by atoms with Gasteiger partial charge in [-0.15, -0.1) is 0 Å². The third-order valence-corrected chi connectivity index (χ3v) is 5.04. The second-order valence-electron chi connectivity index (χ2n) is 6.29. The molecule has 2 heterocycles. The van der Waals surface area contributed by atoms with E-state index in [0.29, 0.717) is 30.4 Å². The van der Waals surface area contributed by atoms with Crippen LogP contribution >= 0.6 is 11.8 Å². The molecule has 0 saturated carbocycles. The quantitative estimate of drug-likeness (QED) is 0.768. The molecule has 0 aliphatic carbocycles. The highest BCUT2D eigenvalue weighted by Crippen LogP contribution is 2.34. The lowest BCUT2D eigenvalue weighted by atomic mass is 10.2. The van der Waals surface area contributed by atoms with Crippen molar-refractivity contribution in [3.63, 3.8) is 0 Å². The molecule has 134 valence electrons. The molecule has 0 unspecified atom stereocenters. The van der Waals surface area contributed by atoms with E-state index < -0.39 is 0 Å². The third-order valence-electron chi connectivity index (χ3n) is 4.14. The summed E-state index contributed by atoms with van der Waals surface area (Å²) >= 11 is 0.971. The van der Waals surface area contributed by atoms with Gasteiger partial charge in [0, 0.05) is 18.7 Å². The first-order chi connectivity index (χ1) is 12.0. The molecule has 6 nitrogen and oxygen atoms in total. The van der Waals surface area contributed by atoms with Crippen molar-refractivity contribution in [3.05, 3.63) is 34.7 Å². The van der Waals surface area contributed by atoms with Crippen LogP contribution in [0.25, 0.3) is 6.08 Å². The van der Waals surface area contributed by atoms with Crippen LogP contribution in [0.3, 0.4) is 0 Å². The van der Waals surface area contributed by atoms with Crippen molar-refractivity contribution in [1.29, 1.82) is 0 Å². The van der Waals surface area contributed by atoms with Crippen molar-refractivity contribution in [1.82, 2.24) is 9.80 Å². The van der Waals surface area contributed by atoms with Crippen LogP contribution in [-0.2, 0) is 9.53 Å². The molecule has 0 bridgehead atoms. The van der Waals surface area contributed by atoms with Crippen molar-refractivity contribution < 1.29 is 19.1 Å². The number of carbonyl (C=O) groups excluding carboxylic acids is 2. The Balaban J connectivity index is 1.75. The van der Waals surface area contributed by atoms with Gasteiger partial charge in [-0.05, 0) is 37.8 Å². The maximum Gasteiger partial charge on any atom is 0.294 e. The van der Waals surface area contributed by atoms with Gasteiger partial charge in [0.1, 0.15) is 5.75 Å². The standard InChI is InChI=1S/C18H22N2O4S/c1-12-9-19(10-13(2)24-12)11-20-17(21)16(25-18(20)22)8-14-6-4-5-7-15(14)23-3/h4-8,12-13H,9-11H2,1-3H3/b16-8+/t12-,13-/m1/s1. The zero-order valence-electron chi connectivity index (χ0n) is 14.6. The zero-order chi connectivity index (χ0) is 18.0. The van der Waals surface area contributed by atoms with Crippen LogP contribution in [0.4, 0.5) is 4.79 Å². The van der Waals surface area contributed by atoms with Gasteiger partial charge < -0.3 is 9.47 Å². The smallest absolute Gasteiger partial charge is 0.294 e. The minimum atomic E-state index is -0.257. The fraction of sp³-hybridized carbons (Fsp3) is 0.444. The Bertz CT molecular complexity index is 696. The molecule has 7 heteroatoms. The molecular formula is C18H22N2O4S. The lowest BCUT2D eigenvalue weighted by molar-refractivity contribution is -0.127. The topological polar surface area (TPSA) is 59.1 Å². The average Bonchev–Trinajstić information content (AvgIpc) is 2.82. The molecule has 1 aromatic rings. The minimum Gasteiger partial charge on any atom is -0.496 e. The Kier molecular flexibility index (Phi) is 5.46. The van der Waals surface area contributed by atoms with Gasteiger partial charge in [-0.25, -0.2) is 0 Å². The Morgan fingerprint density at radius 3 is 2.60 bits per heavy atom. The SMILES string of the molecule is COc1ccccc1/C=C1/SC(=O)N(CN2C[C@@H](C)O[C@H](C)C2)C1=O. The van der Waals surface area contributed by atoms with E-state index in [1.54, 1.807) is 13.2 Å². The van der Waals surface area contributed by atoms with Crippen LogP contribution in [0.15, 0.2) is 29.2 Å². The van der Waals surface area contributed by atoms with Gasteiger partial charge in [0.25, 0.3) is 11.1 Å². The summed E-state index contributed by atoms with van der Waals surface area (Å²) in [5.74, 6) is 0.415. The molecule has 0 aromatic heterocycles. The van der Waals surface area contributed by atoms with E-state index in [0.717, 1.165) is 17.3 Å². The monoisotopic (exact) mass is 362 g/mol. The van der Waals surface area contributed by atoms with Crippen LogP contribution in [0, 0.1) is 0 Å². The highest BCUT2D eigenvalue weighted by molar-refractivity contribution is 8.18. The molecule has 2 fully saturated rings. The van der Waals surface area contributed by atoms with E-state index >= 15 is 0 Å². The van der Waals surface area contributed by atoms with E-state index in [2.05, 4.69) is 4.90 Å². The molecule has 0 N–H and O–H groups in total. The van der Waals surface area contributed by atoms with Gasteiger partial charge >= 0.3 is 0 Å². The second-order valence-corrected chi connectivity index (χ2v) is 7.28. The Hall–Kier alpha value is -1.83. The maximum absolute atomic E-state index is 12.7. The molecule has 2 atom stereocenters. The molecule has 2 saturated heterocycles. The lowest BCUT2D eigenvalue weighted by Crippen LogP contribution is -2.50. The molecular weight excluding hydrogens is 340 g/mol. The number of ether oxygens (including phenoxy) is 2. The number of amides is 2. The molecule has 1 aromatic carbocycles. The fourth-order valence-electron chi connectivity index (χ4n) is 3.15. The van der Waals surface area contributed by atoms with Crippen LogP contribution in [0.5, 0.6) is 5.75 Å². The van der Waals surface area contributed by atoms with Gasteiger partial charge in [0.05, 0.1) is 30.9 Å². The summed E-state index contributed by atoms with van der Waals surface area (Å²) in [6, 6.07) is 7.42. The molecule has 2 amide bonds. The Morgan fingerprint density at radius 2 is 1.92 bits per heavy atom. The van der Waals surface area contributed by atoms with E-state index in [1.807, 2.05) is 38.1 Å². The first-order valence-corrected chi connectivity index (χ1v) is 9.05. The van der Waals surface area contributed by atoms with Crippen molar-refractivity contribution in [2.24, 2.45) is 0 Å². The predicted octanol–water partition coefficient (Wildman–Crippen LogP) is 2.80. The zero-order valence-corrected chi connectivity index (χ0v) is 15.4. The number of carbonyl (C=O) groups is 2. The van der Waals surface area contributed by atoms with E-state index in [1.165, 1.54) is 4.90 Å². The Labute approximate surface area is 151 Å². The van der Waals surface area contributed by atoms with Crippen LogP contribution in [0.2, 0.25) is 0 Å². The Morgan fingerprint density at radius 1 is 1.24 bits per heavy atom. The molecule has 3 rings (SSSR count). The summed E-state index contributed by atoms with van der Waals surface area (Å²) in [4.78, 5) is 28.8. The largest absolute Gasteiger partial charge is 0.496 e. The highest BCUT2D eigenvalue weighted by Gasteiger charge is 2.37. The lowest BCUT2D eigenvalue weighted by Gasteiger charge is -2.36. The molecule has 0 radical (unpaired) electrons. The fourth-order valence-corrected chi connectivity index (χ4v) is 3.97. The normalized spacial score (nSPS) is 26.5. The van der Waals surface area contributed by atoms with Gasteiger partial charge in [-0.1, -0.05) is 18.2 Å². The average molecular weight is 362 g/mol. The number of nitrogens with zero attached hydrogens (tertiary/aromatic N) is 2. The van der Waals surface area contributed by atoms with Crippen molar-refractivity contribution in [2.75, 3.05) is 26.9 Å². The second kappa shape index (κ2) is 7.59.